The van der Waals surface area contributed by atoms with Crippen LogP contribution >= 0.6 is 0 Å². The summed E-state index contributed by atoms with van der Waals surface area (Å²) >= 11 is 0. The number of rotatable bonds is 12. The van der Waals surface area contributed by atoms with E-state index in [1.807, 2.05) is 0 Å². The van der Waals surface area contributed by atoms with Crippen LogP contribution in [0.2, 0.25) is 18.6 Å². The maximum Gasteiger partial charge on any atom is 0.0918 e. The summed E-state index contributed by atoms with van der Waals surface area (Å²) < 4.78 is 0. The smallest absolute Gasteiger partial charge is 0.0654 e. The van der Waals surface area contributed by atoms with E-state index in [2.05, 4.69) is 72.8 Å². The number of aryl methyl sites for hydroxylation is 2. The predicted molar refractivity (Wildman–Crippen MR) is 140 cm³/mol. The monoisotopic (exact) mass is 424 g/mol. The molecule has 0 amide bonds. The lowest BCUT2D eigenvalue weighted by molar-refractivity contribution is 0.661. The molecule has 1 heteroatoms. The summed E-state index contributed by atoms with van der Waals surface area (Å²) in [6, 6.07) is 7.76. The van der Waals surface area contributed by atoms with Crippen molar-refractivity contribution >= 4 is 13.3 Å². The first-order valence-corrected chi connectivity index (χ1v) is 15.8. The molecule has 0 unspecified atom stereocenters. The van der Waals surface area contributed by atoms with Gasteiger partial charge in [-0.1, -0.05) is 100.0 Å². The molecule has 1 aliphatic carbocycles. The van der Waals surface area contributed by atoms with E-state index in [9.17, 15) is 0 Å². The zero-order valence-corrected chi connectivity index (χ0v) is 22.4. The summed E-state index contributed by atoms with van der Waals surface area (Å²) in [5, 5.41) is 1.69. The molecule has 1 aromatic carbocycles. The minimum Gasteiger partial charge on any atom is -0.0654 e. The molecule has 0 bridgehead atoms. The van der Waals surface area contributed by atoms with Gasteiger partial charge in [0.25, 0.3) is 0 Å². The van der Waals surface area contributed by atoms with Crippen molar-refractivity contribution in [2.24, 2.45) is 0 Å². The van der Waals surface area contributed by atoms with Gasteiger partial charge >= 0.3 is 0 Å². The average molecular weight is 425 g/mol. The Morgan fingerprint density at radius 3 is 1.47 bits per heavy atom. The van der Waals surface area contributed by atoms with Crippen LogP contribution in [-0.2, 0) is 12.8 Å². The van der Waals surface area contributed by atoms with Gasteiger partial charge in [0.15, 0.2) is 0 Å². The van der Waals surface area contributed by atoms with E-state index in [1.54, 1.807) is 38.6 Å². The number of unbranched alkanes of at least 4 members (excludes halogenated alkanes) is 6. The molecule has 0 saturated carbocycles. The predicted octanol–water partition coefficient (Wildman–Crippen LogP) is 8.90. The quantitative estimate of drug-likeness (QED) is 0.232. The number of benzene rings is 1. The van der Waals surface area contributed by atoms with Crippen molar-refractivity contribution in [2.45, 2.75) is 124 Å². The van der Waals surface area contributed by atoms with Gasteiger partial charge in [0.05, 0.1) is 8.07 Å². The Balaban J connectivity index is 2.33. The first-order chi connectivity index (χ1) is 14.2. The van der Waals surface area contributed by atoms with Gasteiger partial charge < -0.3 is 0 Å². The first kappa shape index (κ1) is 25.2. The third kappa shape index (κ3) is 5.99. The van der Waals surface area contributed by atoms with Gasteiger partial charge in [-0.3, -0.25) is 0 Å². The SMILES string of the molecule is CCCCCCc1cc(CCCCCC)cc([Si](C)(C)C2C(C)=C(C)C(C)=C2C)c1. The summed E-state index contributed by atoms with van der Waals surface area (Å²) in [7, 11) is -1.64. The van der Waals surface area contributed by atoms with Crippen molar-refractivity contribution < 1.29 is 0 Å². The Labute approximate surface area is 189 Å². The minimum absolute atomic E-state index is 0.667. The lowest BCUT2D eigenvalue weighted by Gasteiger charge is -2.34. The summed E-state index contributed by atoms with van der Waals surface area (Å²) in [5.74, 6) is 0. The molecular weight excluding hydrogens is 376 g/mol. The Hall–Kier alpha value is -1.08. The molecule has 30 heavy (non-hydrogen) atoms. The summed E-state index contributed by atoms with van der Waals surface area (Å²) in [4.78, 5) is 0. The maximum atomic E-state index is 2.62. The van der Waals surface area contributed by atoms with E-state index in [0.717, 1.165) is 0 Å². The average Bonchev–Trinajstić information content (AvgIpc) is 2.91. The molecule has 0 atom stereocenters. The lowest BCUT2D eigenvalue weighted by Crippen LogP contribution is -2.47. The highest BCUT2D eigenvalue weighted by molar-refractivity contribution is 6.92. The van der Waals surface area contributed by atoms with E-state index in [4.69, 9.17) is 0 Å². The van der Waals surface area contributed by atoms with Crippen LogP contribution in [0.15, 0.2) is 40.5 Å². The van der Waals surface area contributed by atoms with E-state index in [-0.39, 0.29) is 0 Å². The Bertz CT molecular complexity index is 708. The molecule has 168 valence electrons. The molecule has 1 aliphatic rings. The van der Waals surface area contributed by atoms with E-state index in [1.165, 1.54) is 64.2 Å². The zero-order valence-electron chi connectivity index (χ0n) is 21.4. The molecule has 0 heterocycles. The van der Waals surface area contributed by atoms with Crippen molar-refractivity contribution in [3.05, 3.63) is 51.6 Å². The first-order valence-electron chi connectivity index (χ1n) is 12.7. The Kier molecular flexibility index (Phi) is 9.66. The van der Waals surface area contributed by atoms with Crippen molar-refractivity contribution in [2.75, 3.05) is 0 Å². The third-order valence-electron chi connectivity index (χ3n) is 7.77. The van der Waals surface area contributed by atoms with E-state index < -0.39 is 8.07 Å². The molecule has 2 rings (SSSR count). The highest BCUT2D eigenvalue weighted by atomic mass is 28.3. The van der Waals surface area contributed by atoms with Crippen LogP contribution in [0.4, 0.5) is 0 Å². The third-order valence-corrected chi connectivity index (χ3v) is 11.9. The summed E-state index contributed by atoms with van der Waals surface area (Å²) in [6.45, 7) is 19.3. The Morgan fingerprint density at radius 2 is 1.07 bits per heavy atom. The molecule has 0 aliphatic heterocycles. The number of hydrogen-bond acceptors (Lipinski definition) is 0. The standard InChI is InChI=1S/C29H48Si/c1-9-11-13-15-17-26-19-27(18-16-14-12-10-2)21-28(20-26)30(7,8)29-24(5)22(3)23(4)25(29)6/h19-21,29H,9-18H2,1-8H3. The molecule has 0 spiro atoms. The topological polar surface area (TPSA) is 0 Å². The van der Waals surface area contributed by atoms with Gasteiger partial charge in [-0.15, -0.1) is 0 Å². The maximum absolute atomic E-state index is 2.62. The van der Waals surface area contributed by atoms with Gasteiger partial charge in [-0.05, 0) is 75.7 Å². The van der Waals surface area contributed by atoms with Crippen LogP contribution in [-0.4, -0.2) is 8.07 Å². The molecule has 0 radical (unpaired) electrons. The van der Waals surface area contributed by atoms with E-state index in [0.29, 0.717) is 5.54 Å². The van der Waals surface area contributed by atoms with Crippen molar-refractivity contribution in [1.82, 2.24) is 0 Å². The number of hydrogen-bond donors (Lipinski definition) is 0. The van der Waals surface area contributed by atoms with Crippen LogP contribution < -0.4 is 5.19 Å². The Morgan fingerprint density at radius 1 is 0.633 bits per heavy atom. The second kappa shape index (κ2) is 11.5. The van der Waals surface area contributed by atoms with Crippen LogP contribution in [0.1, 0.15) is 104 Å². The van der Waals surface area contributed by atoms with Gasteiger partial charge in [-0.2, -0.15) is 0 Å². The second-order valence-electron chi connectivity index (χ2n) is 10.4. The van der Waals surface area contributed by atoms with Gasteiger partial charge in [0, 0.05) is 5.54 Å². The van der Waals surface area contributed by atoms with Crippen LogP contribution in [0.25, 0.3) is 0 Å². The second-order valence-corrected chi connectivity index (χ2v) is 15.0. The molecule has 0 nitrogen and oxygen atoms in total. The fourth-order valence-electron chi connectivity index (χ4n) is 5.53. The van der Waals surface area contributed by atoms with Crippen LogP contribution in [0.3, 0.4) is 0 Å². The highest BCUT2D eigenvalue weighted by Crippen LogP contribution is 2.46. The lowest BCUT2D eigenvalue weighted by atomic mass is 10.0. The van der Waals surface area contributed by atoms with Crippen molar-refractivity contribution in [1.29, 1.82) is 0 Å². The van der Waals surface area contributed by atoms with Crippen molar-refractivity contribution in [3.8, 4) is 0 Å². The fraction of sp³-hybridized carbons (Fsp3) is 0.655. The molecule has 0 saturated heterocycles. The molecule has 1 aromatic rings. The van der Waals surface area contributed by atoms with Crippen LogP contribution in [0.5, 0.6) is 0 Å². The molecule has 0 N–H and O–H groups in total. The fourth-order valence-corrected chi connectivity index (χ4v) is 9.58. The van der Waals surface area contributed by atoms with Gasteiger partial charge in [0.2, 0.25) is 0 Å². The number of allylic oxidation sites excluding steroid dienone is 4. The van der Waals surface area contributed by atoms with Gasteiger partial charge in [-0.25, -0.2) is 0 Å². The summed E-state index contributed by atoms with van der Waals surface area (Å²) in [5.41, 5.74) is 10.2. The molecular formula is C29H48Si. The summed E-state index contributed by atoms with van der Waals surface area (Å²) in [6.07, 6.45) is 13.3. The van der Waals surface area contributed by atoms with Crippen LogP contribution in [0, 0.1) is 0 Å². The highest BCUT2D eigenvalue weighted by Gasteiger charge is 2.40. The minimum atomic E-state index is -1.64. The largest absolute Gasteiger partial charge is 0.0918 e. The van der Waals surface area contributed by atoms with Gasteiger partial charge in [0.1, 0.15) is 0 Å². The molecule has 0 aromatic heterocycles. The normalized spacial score (nSPS) is 15.6. The van der Waals surface area contributed by atoms with Crippen molar-refractivity contribution in [3.63, 3.8) is 0 Å². The van der Waals surface area contributed by atoms with E-state index >= 15 is 0 Å². The molecule has 0 fully saturated rings. The zero-order chi connectivity index (χ0) is 22.3.